The van der Waals surface area contributed by atoms with Crippen LogP contribution in [0, 0.1) is 12.8 Å². The van der Waals surface area contributed by atoms with Gasteiger partial charge in [-0.05, 0) is 46.5 Å². The van der Waals surface area contributed by atoms with Crippen molar-refractivity contribution in [3.8, 4) is 0 Å². The molecule has 0 saturated heterocycles. The number of aromatic nitrogens is 1. The third-order valence-electron chi connectivity index (χ3n) is 3.20. The summed E-state index contributed by atoms with van der Waals surface area (Å²) in [5.74, 6) is 0.572. The SMILES string of the molecule is Cc1csc(CNCC(NC(=O)OC(C)(C)C)C2CC2)n1. The fourth-order valence-electron chi connectivity index (χ4n) is 2.11. The topological polar surface area (TPSA) is 63.2 Å². The molecule has 118 valence electrons. The number of carbonyl (C=O) groups is 1. The van der Waals surface area contributed by atoms with Gasteiger partial charge in [0.1, 0.15) is 10.6 Å². The zero-order valence-corrected chi connectivity index (χ0v) is 14.0. The van der Waals surface area contributed by atoms with Crippen molar-refractivity contribution in [3.05, 3.63) is 16.1 Å². The van der Waals surface area contributed by atoms with E-state index in [9.17, 15) is 4.79 Å². The Kier molecular flexibility index (Phi) is 5.22. The number of thiazole rings is 1. The van der Waals surface area contributed by atoms with Crippen LogP contribution in [-0.2, 0) is 11.3 Å². The van der Waals surface area contributed by atoms with Gasteiger partial charge < -0.3 is 15.4 Å². The van der Waals surface area contributed by atoms with Crippen molar-refractivity contribution in [2.24, 2.45) is 5.92 Å². The molecule has 2 N–H and O–H groups in total. The van der Waals surface area contributed by atoms with Crippen LogP contribution in [0.2, 0.25) is 0 Å². The highest BCUT2D eigenvalue weighted by atomic mass is 32.1. The molecule has 1 aliphatic rings. The van der Waals surface area contributed by atoms with Gasteiger partial charge in [0.2, 0.25) is 0 Å². The molecule has 0 bridgehead atoms. The van der Waals surface area contributed by atoms with Crippen LogP contribution < -0.4 is 10.6 Å². The third-order valence-corrected chi connectivity index (χ3v) is 4.17. The quantitative estimate of drug-likeness (QED) is 0.848. The number of alkyl carbamates (subject to hydrolysis) is 1. The number of nitrogens with zero attached hydrogens (tertiary/aromatic N) is 1. The van der Waals surface area contributed by atoms with Crippen molar-refractivity contribution >= 4 is 17.4 Å². The summed E-state index contributed by atoms with van der Waals surface area (Å²) in [4.78, 5) is 16.3. The number of rotatable bonds is 6. The van der Waals surface area contributed by atoms with E-state index in [0.29, 0.717) is 5.92 Å². The van der Waals surface area contributed by atoms with E-state index in [1.807, 2.05) is 33.1 Å². The van der Waals surface area contributed by atoms with Crippen molar-refractivity contribution in [2.75, 3.05) is 6.54 Å². The Balaban J connectivity index is 1.76. The number of nitrogens with one attached hydrogen (secondary N) is 2. The van der Waals surface area contributed by atoms with Crippen LogP contribution in [-0.4, -0.2) is 29.3 Å². The summed E-state index contributed by atoms with van der Waals surface area (Å²) in [7, 11) is 0. The first-order valence-electron chi connectivity index (χ1n) is 7.45. The second-order valence-corrected chi connectivity index (χ2v) is 7.55. The lowest BCUT2D eigenvalue weighted by Gasteiger charge is -2.23. The fourth-order valence-corrected chi connectivity index (χ4v) is 2.85. The van der Waals surface area contributed by atoms with E-state index in [2.05, 4.69) is 15.6 Å². The van der Waals surface area contributed by atoms with Crippen LogP contribution in [0.1, 0.15) is 44.3 Å². The molecule has 1 atom stereocenters. The van der Waals surface area contributed by atoms with Crippen molar-refractivity contribution in [3.63, 3.8) is 0 Å². The lowest BCUT2D eigenvalue weighted by Crippen LogP contribution is -2.45. The molecule has 1 aromatic rings. The Morgan fingerprint density at radius 1 is 1.52 bits per heavy atom. The number of hydrogen-bond acceptors (Lipinski definition) is 5. The Morgan fingerprint density at radius 3 is 2.76 bits per heavy atom. The van der Waals surface area contributed by atoms with Gasteiger partial charge in [0.05, 0.1) is 0 Å². The molecule has 5 nitrogen and oxygen atoms in total. The summed E-state index contributed by atoms with van der Waals surface area (Å²) in [6.45, 7) is 9.13. The van der Waals surface area contributed by atoms with Gasteiger partial charge in [0.25, 0.3) is 0 Å². The molecule has 1 saturated carbocycles. The molecule has 0 aromatic carbocycles. The summed E-state index contributed by atoms with van der Waals surface area (Å²) in [5, 5.41) is 9.50. The average molecular weight is 311 g/mol. The molecule has 1 aromatic heterocycles. The summed E-state index contributed by atoms with van der Waals surface area (Å²) in [6, 6.07) is 0.140. The van der Waals surface area contributed by atoms with E-state index in [1.54, 1.807) is 11.3 Å². The summed E-state index contributed by atoms with van der Waals surface area (Å²) < 4.78 is 5.33. The number of carbonyl (C=O) groups excluding carboxylic acids is 1. The zero-order chi connectivity index (χ0) is 15.5. The maximum absolute atomic E-state index is 11.9. The number of aryl methyl sites for hydroxylation is 1. The Labute approximate surface area is 130 Å². The number of hydrogen-bond donors (Lipinski definition) is 2. The third kappa shape index (κ3) is 6.01. The van der Waals surface area contributed by atoms with Gasteiger partial charge in [-0.3, -0.25) is 0 Å². The highest BCUT2D eigenvalue weighted by Crippen LogP contribution is 2.32. The van der Waals surface area contributed by atoms with Crippen molar-refractivity contribution < 1.29 is 9.53 Å². The predicted molar refractivity (Wildman–Crippen MR) is 84.4 cm³/mol. The van der Waals surface area contributed by atoms with E-state index < -0.39 is 5.60 Å². The van der Waals surface area contributed by atoms with E-state index in [0.717, 1.165) is 23.8 Å². The Morgan fingerprint density at radius 2 is 2.24 bits per heavy atom. The van der Waals surface area contributed by atoms with E-state index in [-0.39, 0.29) is 12.1 Å². The summed E-state index contributed by atoms with van der Waals surface area (Å²) >= 11 is 1.66. The van der Waals surface area contributed by atoms with Gasteiger partial charge in [-0.2, -0.15) is 0 Å². The Bertz CT molecular complexity index is 478. The number of amides is 1. The molecule has 1 fully saturated rings. The minimum atomic E-state index is -0.454. The van der Waals surface area contributed by atoms with Gasteiger partial charge in [-0.15, -0.1) is 11.3 Å². The van der Waals surface area contributed by atoms with Crippen molar-refractivity contribution in [1.82, 2.24) is 15.6 Å². The largest absolute Gasteiger partial charge is 0.444 e. The summed E-state index contributed by atoms with van der Waals surface area (Å²) in [5.41, 5.74) is 0.603. The van der Waals surface area contributed by atoms with Gasteiger partial charge in [0, 0.05) is 30.2 Å². The van der Waals surface area contributed by atoms with Crippen LogP contribution in [0.3, 0.4) is 0 Å². The highest BCUT2D eigenvalue weighted by molar-refractivity contribution is 7.09. The van der Waals surface area contributed by atoms with Crippen LogP contribution in [0.4, 0.5) is 4.79 Å². The maximum atomic E-state index is 11.9. The first kappa shape index (κ1) is 16.2. The van der Waals surface area contributed by atoms with Gasteiger partial charge in [-0.25, -0.2) is 9.78 Å². The lowest BCUT2D eigenvalue weighted by molar-refractivity contribution is 0.0497. The normalized spacial score (nSPS) is 16.6. The zero-order valence-electron chi connectivity index (χ0n) is 13.2. The molecule has 0 spiro atoms. The minimum absolute atomic E-state index is 0.140. The molecule has 1 amide bonds. The van der Waals surface area contributed by atoms with Gasteiger partial charge in [0.15, 0.2) is 0 Å². The first-order valence-corrected chi connectivity index (χ1v) is 8.33. The van der Waals surface area contributed by atoms with E-state index in [4.69, 9.17) is 4.74 Å². The predicted octanol–water partition coefficient (Wildman–Crippen LogP) is 2.84. The van der Waals surface area contributed by atoms with Crippen LogP contribution in [0.25, 0.3) is 0 Å². The molecule has 0 radical (unpaired) electrons. The smallest absolute Gasteiger partial charge is 0.407 e. The van der Waals surface area contributed by atoms with Crippen LogP contribution in [0.5, 0.6) is 0 Å². The Hall–Kier alpha value is -1.14. The standard InChI is InChI=1S/C15H25N3O2S/c1-10-9-21-13(17-10)8-16-7-12(11-5-6-11)18-14(19)20-15(2,3)4/h9,11-12,16H,5-8H2,1-4H3,(H,18,19). The molecule has 1 unspecified atom stereocenters. The van der Waals surface area contributed by atoms with Gasteiger partial charge >= 0.3 is 6.09 Å². The summed E-state index contributed by atoms with van der Waals surface area (Å²) in [6.07, 6.45) is 2.03. The first-order chi connectivity index (χ1) is 9.83. The molecular formula is C15H25N3O2S. The van der Waals surface area contributed by atoms with E-state index >= 15 is 0 Å². The molecule has 1 heterocycles. The monoisotopic (exact) mass is 311 g/mol. The van der Waals surface area contributed by atoms with Crippen LogP contribution in [0.15, 0.2) is 5.38 Å². The van der Waals surface area contributed by atoms with Crippen LogP contribution >= 0.6 is 11.3 Å². The molecule has 21 heavy (non-hydrogen) atoms. The van der Waals surface area contributed by atoms with Gasteiger partial charge in [-0.1, -0.05) is 0 Å². The second-order valence-electron chi connectivity index (χ2n) is 6.60. The van der Waals surface area contributed by atoms with Crippen molar-refractivity contribution in [1.29, 1.82) is 0 Å². The van der Waals surface area contributed by atoms with E-state index in [1.165, 1.54) is 12.8 Å². The maximum Gasteiger partial charge on any atom is 0.407 e. The second kappa shape index (κ2) is 6.75. The molecule has 0 aliphatic heterocycles. The molecule has 2 rings (SSSR count). The lowest BCUT2D eigenvalue weighted by atomic mass is 10.2. The average Bonchev–Trinajstić information content (AvgIpc) is 3.10. The minimum Gasteiger partial charge on any atom is -0.444 e. The van der Waals surface area contributed by atoms with Crippen molar-refractivity contribution in [2.45, 2.75) is 58.7 Å². The number of ether oxygens (including phenoxy) is 1. The highest BCUT2D eigenvalue weighted by Gasteiger charge is 2.33. The molecule has 1 aliphatic carbocycles. The fraction of sp³-hybridized carbons (Fsp3) is 0.733. The molecular weight excluding hydrogens is 286 g/mol. The molecule has 6 heteroatoms.